The molecule has 91 valence electrons. The largest absolute Gasteiger partial charge is 0.444 e. The van der Waals surface area contributed by atoms with Crippen LogP contribution in [0.1, 0.15) is 11.1 Å². The number of anilines is 1. The van der Waals surface area contributed by atoms with Crippen molar-refractivity contribution >= 4 is 11.8 Å². The first kappa shape index (κ1) is 12.2. The molecule has 0 aliphatic heterocycles. The Balaban J connectivity index is 1.88. The lowest BCUT2D eigenvalue weighted by molar-refractivity contribution is 0.155. The molecule has 0 aromatic heterocycles. The van der Waals surface area contributed by atoms with E-state index in [1.54, 1.807) is 12.1 Å². The number of hydrogen-bond donors (Lipinski definition) is 1. The van der Waals surface area contributed by atoms with E-state index in [1.165, 1.54) is 0 Å². The van der Waals surface area contributed by atoms with Crippen molar-refractivity contribution < 1.29 is 9.53 Å². The van der Waals surface area contributed by atoms with Crippen LogP contribution in [-0.4, -0.2) is 6.09 Å². The fraction of sp³-hybridized carbons (Fsp3) is 0.133. The van der Waals surface area contributed by atoms with Crippen LogP contribution in [0.4, 0.5) is 10.5 Å². The standard InChI is InChI=1S/C15H14NO2/c1-12-7-5-6-10-14(12)16-15(17)18-11-13-8-3-2-4-9-13/h2-5,7-10H,11H2,1H3,(H,16,17). The van der Waals surface area contributed by atoms with Gasteiger partial charge in [0.1, 0.15) is 6.61 Å². The van der Waals surface area contributed by atoms with Gasteiger partial charge in [-0.1, -0.05) is 42.5 Å². The third-order valence-corrected chi connectivity index (χ3v) is 2.53. The maximum atomic E-state index is 11.6. The summed E-state index contributed by atoms with van der Waals surface area (Å²) >= 11 is 0. The number of ether oxygens (including phenoxy) is 1. The van der Waals surface area contributed by atoms with Crippen LogP contribution in [-0.2, 0) is 11.3 Å². The van der Waals surface area contributed by atoms with Crippen molar-refractivity contribution in [2.24, 2.45) is 0 Å². The summed E-state index contributed by atoms with van der Waals surface area (Å²) in [6, 6.07) is 17.9. The average molecular weight is 240 g/mol. The molecule has 0 bridgehead atoms. The van der Waals surface area contributed by atoms with E-state index in [2.05, 4.69) is 11.4 Å². The normalized spacial score (nSPS) is 9.83. The second-order valence-electron chi connectivity index (χ2n) is 3.93. The molecule has 0 saturated heterocycles. The van der Waals surface area contributed by atoms with Gasteiger partial charge in [-0.15, -0.1) is 0 Å². The fourth-order valence-corrected chi connectivity index (χ4v) is 1.51. The minimum Gasteiger partial charge on any atom is -0.444 e. The Morgan fingerprint density at radius 1 is 1.28 bits per heavy atom. The van der Waals surface area contributed by atoms with Crippen LogP contribution in [0.5, 0.6) is 0 Å². The maximum absolute atomic E-state index is 11.6. The van der Waals surface area contributed by atoms with E-state index < -0.39 is 6.09 Å². The summed E-state index contributed by atoms with van der Waals surface area (Å²) in [4.78, 5) is 11.6. The lowest BCUT2D eigenvalue weighted by atomic mass is 10.2. The van der Waals surface area contributed by atoms with E-state index in [1.807, 2.05) is 43.3 Å². The molecule has 0 atom stereocenters. The second kappa shape index (κ2) is 5.87. The summed E-state index contributed by atoms with van der Waals surface area (Å²) < 4.78 is 5.12. The summed E-state index contributed by atoms with van der Waals surface area (Å²) in [5.74, 6) is 0. The van der Waals surface area contributed by atoms with Crippen LogP contribution >= 0.6 is 0 Å². The molecule has 2 aromatic rings. The highest BCUT2D eigenvalue weighted by Gasteiger charge is 2.05. The zero-order valence-corrected chi connectivity index (χ0v) is 10.1. The minimum atomic E-state index is -0.457. The summed E-state index contributed by atoms with van der Waals surface area (Å²) in [5, 5.41) is 2.69. The van der Waals surface area contributed by atoms with Crippen LogP contribution in [0.15, 0.2) is 48.5 Å². The lowest BCUT2D eigenvalue weighted by Crippen LogP contribution is -2.14. The number of benzene rings is 2. The molecule has 0 heterocycles. The predicted octanol–water partition coefficient (Wildman–Crippen LogP) is 3.54. The molecule has 2 rings (SSSR count). The van der Waals surface area contributed by atoms with Gasteiger partial charge >= 0.3 is 6.09 Å². The Labute approximate surface area is 106 Å². The number of amides is 1. The molecule has 2 aromatic carbocycles. The highest BCUT2D eigenvalue weighted by atomic mass is 16.5. The number of carbonyl (C=O) groups excluding carboxylic acids is 1. The van der Waals surface area contributed by atoms with E-state index >= 15 is 0 Å². The van der Waals surface area contributed by atoms with Crippen molar-refractivity contribution in [1.82, 2.24) is 0 Å². The molecule has 0 spiro atoms. The van der Waals surface area contributed by atoms with Crippen LogP contribution in [0, 0.1) is 13.0 Å². The Bertz CT molecular complexity index is 523. The Hall–Kier alpha value is -2.29. The van der Waals surface area contributed by atoms with Crippen LogP contribution < -0.4 is 5.32 Å². The Kier molecular flexibility index (Phi) is 3.97. The first-order valence-corrected chi connectivity index (χ1v) is 5.70. The van der Waals surface area contributed by atoms with Crippen molar-refractivity contribution in [3.05, 3.63) is 65.7 Å². The van der Waals surface area contributed by atoms with Crippen molar-refractivity contribution in [2.75, 3.05) is 5.32 Å². The lowest BCUT2D eigenvalue weighted by Gasteiger charge is -2.08. The number of carbonyl (C=O) groups is 1. The van der Waals surface area contributed by atoms with Gasteiger partial charge in [-0.05, 0) is 30.2 Å². The van der Waals surface area contributed by atoms with Crippen LogP contribution in [0.25, 0.3) is 0 Å². The van der Waals surface area contributed by atoms with E-state index in [0.717, 1.165) is 16.8 Å². The van der Waals surface area contributed by atoms with E-state index in [9.17, 15) is 4.79 Å². The molecular formula is C15H14NO2. The zero-order valence-electron chi connectivity index (χ0n) is 10.1. The molecular weight excluding hydrogens is 226 g/mol. The van der Waals surface area contributed by atoms with E-state index in [-0.39, 0.29) is 6.61 Å². The Morgan fingerprint density at radius 3 is 2.78 bits per heavy atom. The van der Waals surface area contributed by atoms with Gasteiger partial charge in [0.25, 0.3) is 0 Å². The number of nitrogens with one attached hydrogen (secondary N) is 1. The van der Waals surface area contributed by atoms with Crippen molar-refractivity contribution in [2.45, 2.75) is 13.5 Å². The molecule has 0 aliphatic carbocycles. The van der Waals surface area contributed by atoms with Crippen molar-refractivity contribution in [3.63, 3.8) is 0 Å². The molecule has 0 aliphatic rings. The van der Waals surface area contributed by atoms with Gasteiger partial charge in [-0.2, -0.15) is 0 Å². The molecule has 0 unspecified atom stereocenters. The van der Waals surface area contributed by atoms with Gasteiger partial charge in [0.15, 0.2) is 0 Å². The number of rotatable bonds is 3. The summed E-state index contributed by atoms with van der Waals surface area (Å²) in [7, 11) is 0. The molecule has 1 amide bonds. The molecule has 3 nitrogen and oxygen atoms in total. The predicted molar refractivity (Wildman–Crippen MR) is 70.3 cm³/mol. The SMILES string of the molecule is Cc1cc[c]cc1NC(=O)OCc1ccccc1. The summed E-state index contributed by atoms with van der Waals surface area (Å²) in [6.07, 6.45) is -0.457. The Morgan fingerprint density at radius 2 is 2.06 bits per heavy atom. The fourth-order valence-electron chi connectivity index (χ4n) is 1.51. The van der Waals surface area contributed by atoms with Crippen molar-refractivity contribution in [1.29, 1.82) is 0 Å². The monoisotopic (exact) mass is 240 g/mol. The summed E-state index contributed by atoms with van der Waals surface area (Å²) in [5.41, 5.74) is 2.66. The first-order chi connectivity index (χ1) is 8.75. The van der Waals surface area contributed by atoms with Gasteiger partial charge in [0.2, 0.25) is 0 Å². The van der Waals surface area contributed by atoms with Gasteiger partial charge in [0, 0.05) is 5.69 Å². The van der Waals surface area contributed by atoms with Gasteiger partial charge < -0.3 is 4.74 Å². The van der Waals surface area contributed by atoms with E-state index in [4.69, 9.17) is 4.74 Å². The number of hydrogen-bond acceptors (Lipinski definition) is 2. The van der Waals surface area contributed by atoms with Crippen LogP contribution in [0.3, 0.4) is 0 Å². The third-order valence-electron chi connectivity index (χ3n) is 2.53. The average Bonchev–Trinajstić information content (AvgIpc) is 2.40. The van der Waals surface area contributed by atoms with Gasteiger partial charge in [-0.3, -0.25) is 5.32 Å². The van der Waals surface area contributed by atoms with Crippen LogP contribution in [0.2, 0.25) is 0 Å². The van der Waals surface area contributed by atoms with Crippen molar-refractivity contribution in [3.8, 4) is 0 Å². The minimum absolute atomic E-state index is 0.266. The quantitative estimate of drug-likeness (QED) is 0.891. The second-order valence-corrected chi connectivity index (χ2v) is 3.93. The number of aryl methyl sites for hydroxylation is 1. The topological polar surface area (TPSA) is 38.3 Å². The smallest absolute Gasteiger partial charge is 0.411 e. The molecule has 1 N–H and O–H groups in total. The molecule has 1 radical (unpaired) electrons. The first-order valence-electron chi connectivity index (χ1n) is 5.70. The molecule has 18 heavy (non-hydrogen) atoms. The highest BCUT2D eigenvalue weighted by molar-refractivity contribution is 5.85. The zero-order chi connectivity index (χ0) is 12.8. The molecule has 0 fully saturated rings. The summed E-state index contributed by atoms with van der Waals surface area (Å²) in [6.45, 7) is 2.18. The molecule has 3 heteroatoms. The maximum Gasteiger partial charge on any atom is 0.411 e. The molecule has 0 saturated carbocycles. The highest BCUT2D eigenvalue weighted by Crippen LogP contribution is 2.13. The van der Waals surface area contributed by atoms with Gasteiger partial charge in [0.05, 0.1) is 0 Å². The van der Waals surface area contributed by atoms with E-state index in [0.29, 0.717) is 0 Å². The van der Waals surface area contributed by atoms with Gasteiger partial charge in [-0.25, -0.2) is 4.79 Å². The third kappa shape index (κ3) is 3.35.